The Bertz CT molecular complexity index is 1160. The van der Waals surface area contributed by atoms with Gasteiger partial charge in [-0.15, -0.1) is 0 Å². The molecule has 0 fully saturated rings. The molecule has 0 aliphatic rings. The van der Waals surface area contributed by atoms with E-state index in [9.17, 15) is 13.2 Å². The number of rotatable bonds is 8. The SMILES string of the molecule is O=C(CN(CCc1ccccc1)S(=O)(=O)c1ccc(Br)cc1)Nc1cccc(Cl)c1Cl. The van der Waals surface area contributed by atoms with Gasteiger partial charge in [0.25, 0.3) is 0 Å². The highest BCUT2D eigenvalue weighted by Crippen LogP contribution is 2.29. The molecule has 9 heteroatoms. The Kier molecular flexibility index (Phi) is 8.13. The van der Waals surface area contributed by atoms with Crippen LogP contribution >= 0.6 is 39.1 Å². The van der Waals surface area contributed by atoms with Crippen molar-refractivity contribution in [2.45, 2.75) is 11.3 Å². The number of carbonyl (C=O) groups excluding carboxylic acids is 1. The number of amides is 1. The first-order valence-corrected chi connectivity index (χ1v) is 12.3. The van der Waals surface area contributed by atoms with Gasteiger partial charge >= 0.3 is 0 Å². The van der Waals surface area contributed by atoms with Crippen molar-refractivity contribution < 1.29 is 13.2 Å². The van der Waals surface area contributed by atoms with Crippen LogP contribution in [0, 0.1) is 0 Å². The summed E-state index contributed by atoms with van der Waals surface area (Å²) in [5.41, 5.74) is 1.29. The molecule has 0 unspecified atom stereocenters. The zero-order valence-electron chi connectivity index (χ0n) is 16.3. The number of anilines is 1. The molecule has 0 aromatic heterocycles. The first kappa shape index (κ1) is 23.8. The van der Waals surface area contributed by atoms with Crippen LogP contribution in [-0.2, 0) is 21.2 Å². The van der Waals surface area contributed by atoms with Gasteiger partial charge in [0, 0.05) is 11.0 Å². The summed E-state index contributed by atoms with van der Waals surface area (Å²) in [7, 11) is -3.90. The topological polar surface area (TPSA) is 66.5 Å². The Labute approximate surface area is 200 Å². The minimum atomic E-state index is -3.90. The molecule has 31 heavy (non-hydrogen) atoms. The zero-order chi connectivity index (χ0) is 22.4. The molecule has 0 atom stereocenters. The number of nitrogens with zero attached hydrogens (tertiary/aromatic N) is 1. The summed E-state index contributed by atoms with van der Waals surface area (Å²) < 4.78 is 28.4. The molecular formula is C22H19BrCl2N2O3S. The van der Waals surface area contributed by atoms with E-state index in [0.717, 1.165) is 14.3 Å². The van der Waals surface area contributed by atoms with E-state index in [2.05, 4.69) is 21.2 Å². The number of halogens is 3. The van der Waals surface area contributed by atoms with Crippen molar-refractivity contribution in [3.63, 3.8) is 0 Å². The van der Waals surface area contributed by atoms with Gasteiger partial charge in [-0.1, -0.05) is 75.5 Å². The summed E-state index contributed by atoms with van der Waals surface area (Å²) in [6, 6.07) is 20.6. The third-order valence-corrected chi connectivity index (χ3v) is 7.70. The molecule has 0 spiro atoms. The van der Waals surface area contributed by atoms with Gasteiger partial charge in [-0.3, -0.25) is 4.79 Å². The normalized spacial score (nSPS) is 11.5. The van der Waals surface area contributed by atoms with E-state index in [1.807, 2.05) is 30.3 Å². The van der Waals surface area contributed by atoms with E-state index in [-0.39, 0.29) is 23.0 Å². The molecule has 0 saturated heterocycles. The standard InChI is InChI=1S/C22H19BrCl2N2O3S/c23-17-9-11-18(12-10-17)31(29,30)27(14-13-16-5-2-1-3-6-16)15-21(28)26-20-8-4-7-19(24)22(20)25/h1-12H,13-15H2,(H,26,28). The molecule has 3 aromatic carbocycles. The van der Waals surface area contributed by atoms with Gasteiger partial charge in [-0.25, -0.2) is 8.42 Å². The Hall–Kier alpha value is -1.90. The summed E-state index contributed by atoms with van der Waals surface area (Å²) in [5.74, 6) is -0.516. The minimum absolute atomic E-state index is 0.109. The second-order valence-corrected chi connectivity index (χ2v) is 10.3. The number of hydrogen-bond donors (Lipinski definition) is 1. The van der Waals surface area contributed by atoms with E-state index in [1.165, 1.54) is 12.1 Å². The van der Waals surface area contributed by atoms with Crippen LogP contribution in [0.2, 0.25) is 10.0 Å². The van der Waals surface area contributed by atoms with Crippen molar-refractivity contribution in [3.05, 3.63) is 92.9 Å². The Morgan fingerprint density at radius 1 is 0.935 bits per heavy atom. The molecule has 0 saturated carbocycles. The van der Waals surface area contributed by atoms with Crippen LogP contribution < -0.4 is 5.32 Å². The van der Waals surface area contributed by atoms with Crippen molar-refractivity contribution in [3.8, 4) is 0 Å². The molecular weight excluding hydrogens is 523 g/mol. The predicted octanol–water partition coefficient (Wildman–Crippen LogP) is 5.63. The maximum Gasteiger partial charge on any atom is 0.243 e. The molecule has 0 bridgehead atoms. The molecule has 5 nitrogen and oxygen atoms in total. The molecule has 0 radical (unpaired) electrons. The summed E-state index contributed by atoms with van der Waals surface area (Å²) in [6.45, 7) is -0.229. The Balaban J connectivity index is 1.83. The molecule has 1 N–H and O–H groups in total. The Morgan fingerprint density at radius 3 is 2.29 bits per heavy atom. The highest BCUT2D eigenvalue weighted by molar-refractivity contribution is 9.10. The van der Waals surface area contributed by atoms with Gasteiger partial charge < -0.3 is 5.32 Å². The van der Waals surface area contributed by atoms with Crippen LogP contribution in [0.25, 0.3) is 0 Å². The molecule has 0 aliphatic heterocycles. The maximum absolute atomic E-state index is 13.3. The van der Waals surface area contributed by atoms with Crippen LogP contribution in [0.1, 0.15) is 5.56 Å². The average Bonchev–Trinajstić information content (AvgIpc) is 2.75. The predicted molar refractivity (Wildman–Crippen MR) is 128 cm³/mol. The van der Waals surface area contributed by atoms with Gasteiger partial charge in [-0.05, 0) is 48.4 Å². The lowest BCUT2D eigenvalue weighted by molar-refractivity contribution is -0.116. The lowest BCUT2D eigenvalue weighted by Gasteiger charge is -2.22. The van der Waals surface area contributed by atoms with Crippen molar-refractivity contribution in [1.82, 2.24) is 4.31 Å². The molecule has 1 amide bonds. The largest absolute Gasteiger partial charge is 0.324 e. The quantitative estimate of drug-likeness (QED) is 0.402. The van der Waals surface area contributed by atoms with Gasteiger partial charge in [0.05, 0.1) is 27.2 Å². The second kappa shape index (κ2) is 10.6. The van der Waals surface area contributed by atoms with Crippen LogP contribution in [-0.4, -0.2) is 31.7 Å². The van der Waals surface area contributed by atoms with Gasteiger partial charge in [-0.2, -0.15) is 4.31 Å². The van der Waals surface area contributed by atoms with Crippen molar-refractivity contribution >= 4 is 60.7 Å². The first-order chi connectivity index (χ1) is 14.8. The average molecular weight is 542 g/mol. The van der Waals surface area contributed by atoms with Crippen LogP contribution in [0.3, 0.4) is 0 Å². The van der Waals surface area contributed by atoms with Gasteiger partial charge in [0.1, 0.15) is 0 Å². The number of carbonyl (C=O) groups is 1. The van der Waals surface area contributed by atoms with Crippen LogP contribution in [0.4, 0.5) is 5.69 Å². The molecule has 162 valence electrons. The monoisotopic (exact) mass is 540 g/mol. The summed E-state index contributed by atoms with van der Waals surface area (Å²) >= 11 is 15.4. The van der Waals surface area contributed by atoms with E-state index in [1.54, 1.807) is 30.3 Å². The highest BCUT2D eigenvalue weighted by atomic mass is 79.9. The maximum atomic E-state index is 13.3. The van der Waals surface area contributed by atoms with E-state index < -0.39 is 15.9 Å². The van der Waals surface area contributed by atoms with Gasteiger partial charge in [0.15, 0.2) is 0 Å². The Morgan fingerprint density at radius 2 is 1.61 bits per heavy atom. The summed E-state index contributed by atoms with van der Waals surface area (Å²) in [5, 5.41) is 3.14. The zero-order valence-corrected chi connectivity index (χ0v) is 20.2. The van der Waals surface area contributed by atoms with Crippen LogP contribution in [0.15, 0.2) is 82.2 Å². The molecule has 0 heterocycles. The smallest absolute Gasteiger partial charge is 0.243 e. The van der Waals surface area contributed by atoms with Crippen molar-refractivity contribution in [2.75, 3.05) is 18.4 Å². The first-order valence-electron chi connectivity index (χ1n) is 9.31. The van der Waals surface area contributed by atoms with E-state index in [4.69, 9.17) is 23.2 Å². The minimum Gasteiger partial charge on any atom is -0.324 e. The fraction of sp³-hybridized carbons (Fsp3) is 0.136. The summed E-state index contributed by atoms with van der Waals surface area (Å²) in [6.07, 6.45) is 0.460. The number of hydrogen-bond acceptors (Lipinski definition) is 3. The molecule has 3 rings (SSSR count). The van der Waals surface area contributed by atoms with Crippen molar-refractivity contribution in [1.29, 1.82) is 0 Å². The van der Waals surface area contributed by atoms with Gasteiger partial charge in [0.2, 0.25) is 15.9 Å². The fourth-order valence-corrected chi connectivity index (χ4v) is 4.90. The third-order valence-electron chi connectivity index (χ3n) is 4.49. The number of sulfonamides is 1. The molecule has 3 aromatic rings. The van der Waals surface area contributed by atoms with E-state index in [0.29, 0.717) is 17.1 Å². The lowest BCUT2D eigenvalue weighted by Crippen LogP contribution is -2.39. The van der Waals surface area contributed by atoms with Crippen LogP contribution in [0.5, 0.6) is 0 Å². The number of benzene rings is 3. The fourth-order valence-electron chi connectivity index (χ4n) is 2.89. The number of nitrogens with one attached hydrogen (secondary N) is 1. The summed E-state index contributed by atoms with van der Waals surface area (Å²) in [4.78, 5) is 12.8. The van der Waals surface area contributed by atoms with Crippen molar-refractivity contribution in [2.24, 2.45) is 0 Å². The molecule has 0 aliphatic carbocycles. The second-order valence-electron chi connectivity index (χ2n) is 6.68. The third kappa shape index (κ3) is 6.30. The lowest BCUT2D eigenvalue weighted by atomic mass is 10.1. The highest BCUT2D eigenvalue weighted by Gasteiger charge is 2.27. The van der Waals surface area contributed by atoms with E-state index >= 15 is 0 Å².